The molecular formula is C13H14ClFN4O2. The summed E-state index contributed by atoms with van der Waals surface area (Å²) in [6.07, 6.45) is 0. The average molecular weight is 313 g/mol. The number of ether oxygens (including phenoxy) is 1. The Morgan fingerprint density at radius 1 is 1.48 bits per heavy atom. The number of esters is 1. The first kappa shape index (κ1) is 15.1. The fourth-order valence-electron chi connectivity index (χ4n) is 1.84. The minimum absolute atomic E-state index is 0.00879. The van der Waals surface area contributed by atoms with E-state index in [9.17, 15) is 9.18 Å². The molecule has 0 saturated heterocycles. The molecule has 0 atom stereocenters. The molecule has 6 nitrogen and oxygen atoms in total. The van der Waals surface area contributed by atoms with Crippen molar-refractivity contribution in [2.24, 2.45) is 0 Å². The summed E-state index contributed by atoms with van der Waals surface area (Å²) < 4.78 is 19.5. The van der Waals surface area contributed by atoms with Crippen molar-refractivity contribution in [2.75, 3.05) is 31.8 Å². The van der Waals surface area contributed by atoms with Crippen LogP contribution in [0.3, 0.4) is 0 Å². The maximum atomic E-state index is 13.6. The Morgan fingerprint density at radius 2 is 2.14 bits per heavy atom. The molecule has 2 rings (SSSR count). The number of nitrogen functional groups attached to an aromatic ring is 1. The van der Waals surface area contributed by atoms with Gasteiger partial charge < -0.3 is 15.4 Å². The minimum atomic E-state index is -0.614. The number of hydrogen-bond acceptors (Lipinski definition) is 5. The Hall–Kier alpha value is -2.28. The zero-order chi connectivity index (χ0) is 15.7. The highest BCUT2D eigenvalue weighted by Crippen LogP contribution is 2.28. The Balaban J connectivity index is 2.64. The first-order chi connectivity index (χ1) is 9.86. The summed E-state index contributed by atoms with van der Waals surface area (Å²) in [4.78, 5) is 13.5. The number of carbonyl (C=O) groups is 1. The lowest BCUT2D eigenvalue weighted by Crippen LogP contribution is -2.14. The van der Waals surface area contributed by atoms with Crippen LogP contribution in [0.4, 0.5) is 16.0 Å². The fraction of sp³-hybridized carbons (Fsp3) is 0.231. The third kappa shape index (κ3) is 2.64. The Labute approximate surface area is 125 Å². The molecule has 0 aliphatic rings. The second-order valence-corrected chi connectivity index (χ2v) is 4.89. The molecule has 0 saturated carbocycles. The molecule has 2 aromatic rings. The topological polar surface area (TPSA) is 73.4 Å². The van der Waals surface area contributed by atoms with Gasteiger partial charge in [-0.25, -0.2) is 13.9 Å². The van der Waals surface area contributed by atoms with E-state index >= 15 is 0 Å². The predicted octanol–water partition coefficient (Wildman–Crippen LogP) is 2.10. The molecule has 21 heavy (non-hydrogen) atoms. The van der Waals surface area contributed by atoms with Gasteiger partial charge in [0.15, 0.2) is 5.82 Å². The van der Waals surface area contributed by atoms with E-state index in [1.807, 2.05) is 0 Å². The van der Waals surface area contributed by atoms with E-state index in [2.05, 4.69) is 5.10 Å². The van der Waals surface area contributed by atoms with Gasteiger partial charge in [-0.05, 0) is 12.1 Å². The van der Waals surface area contributed by atoms with Crippen molar-refractivity contribution in [3.05, 3.63) is 34.6 Å². The smallest absolute Gasteiger partial charge is 0.345 e. The maximum Gasteiger partial charge on any atom is 0.345 e. The van der Waals surface area contributed by atoms with Gasteiger partial charge in [0, 0.05) is 20.2 Å². The van der Waals surface area contributed by atoms with Gasteiger partial charge in [-0.2, -0.15) is 0 Å². The SMILES string of the molecule is COC(=O)c1c(N(C)C)nn(-c2ccc(Cl)c(F)c2)c1N. The summed E-state index contributed by atoms with van der Waals surface area (Å²) in [6.45, 7) is 0. The van der Waals surface area contributed by atoms with Crippen LogP contribution in [-0.4, -0.2) is 37.0 Å². The third-order valence-corrected chi connectivity index (χ3v) is 3.17. The van der Waals surface area contributed by atoms with Gasteiger partial charge in [-0.15, -0.1) is 5.10 Å². The summed E-state index contributed by atoms with van der Waals surface area (Å²) in [5, 5.41) is 4.22. The van der Waals surface area contributed by atoms with Crippen molar-refractivity contribution < 1.29 is 13.9 Å². The van der Waals surface area contributed by atoms with Crippen LogP contribution in [0.15, 0.2) is 18.2 Å². The fourth-order valence-corrected chi connectivity index (χ4v) is 1.96. The predicted molar refractivity (Wildman–Crippen MR) is 78.6 cm³/mol. The van der Waals surface area contributed by atoms with Gasteiger partial charge in [0.25, 0.3) is 0 Å². The molecule has 0 radical (unpaired) electrons. The molecule has 0 amide bonds. The van der Waals surface area contributed by atoms with Crippen molar-refractivity contribution in [1.82, 2.24) is 9.78 Å². The zero-order valence-corrected chi connectivity index (χ0v) is 12.5. The number of anilines is 2. The lowest BCUT2D eigenvalue weighted by atomic mass is 10.2. The Morgan fingerprint density at radius 3 is 2.67 bits per heavy atom. The minimum Gasteiger partial charge on any atom is -0.465 e. The first-order valence-corrected chi connectivity index (χ1v) is 6.34. The molecule has 112 valence electrons. The summed E-state index contributed by atoms with van der Waals surface area (Å²) in [5.74, 6) is -0.825. The molecule has 0 spiro atoms. The molecule has 0 fully saturated rings. The standard InChI is InChI=1S/C13H14ClFN4O2/c1-18(2)12-10(13(20)21-3)11(16)19(17-12)7-4-5-8(14)9(15)6-7/h4-6H,16H2,1-3H3. The van der Waals surface area contributed by atoms with E-state index in [-0.39, 0.29) is 16.4 Å². The van der Waals surface area contributed by atoms with Crippen molar-refractivity contribution in [2.45, 2.75) is 0 Å². The number of carbonyl (C=O) groups excluding carboxylic acids is 1. The summed E-state index contributed by atoms with van der Waals surface area (Å²) in [6, 6.07) is 4.13. The number of nitrogens with two attached hydrogens (primary N) is 1. The number of halogens is 2. The molecule has 8 heteroatoms. The van der Waals surface area contributed by atoms with Crippen LogP contribution in [0.5, 0.6) is 0 Å². The first-order valence-electron chi connectivity index (χ1n) is 5.96. The number of hydrogen-bond donors (Lipinski definition) is 1. The molecule has 1 heterocycles. The highest BCUT2D eigenvalue weighted by Gasteiger charge is 2.25. The molecule has 0 unspecified atom stereocenters. The average Bonchev–Trinajstić information content (AvgIpc) is 2.79. The highest BCUT2D eigenvalue weighted by atomic mass is 35.5. The van der Waals surface area contributed by atoms with Crippen molar-refractivity contribution >= 4 is 29.2 Å². The van der Waals surface area contributed by atoms with Gasteiger partial charge >= 0.3 is 5.97 Å². The van der Waals surface area contributed by atoms with Crippen LogP contribution in [-0.2, 0) is 4.74 Å². The molecule has 2 N–H and O–H groups in total. The maximum absolute atomic E-state index is 13.6. The molecule has 1 aromatic heterocycles. The lowest BCUT2D eigenvalue weighted by molar-refractivity contribution is 0.0602. The Kier molecular flexibility index (Phi) is 4.04. The number of nitrogens with zero attached hydrogens (tertiary/aromatic N) is 3. The molecule has 1 aromatic carbocycles. The second-order valence-electron chi connectivity index (χ2n) is 4.48. The largest absolute Gasteiger partial charge is 0.465 e. The normalized spacial score (nSPS) is 10.5. The van der Waals surface area contributed by atoms with Crippen LogP contribution < -0.4 is 10.6 Å². The molecule has 0 bridgehead atoms. The van der Waals surface area contributed by atoms with Crippen molar-refractivity contribution in [3.8, 4) is 5.69 Å². The summed E-state index contributed by atoms with van der Waals surface area (Å²) in [7, 11) is 4.67. The summed E-state index contributed by atoms with van der Waals surface area (Å²) in [5.41, 5.74) is 6.43. The van der Waals surface area contributed by atoms with Crippen LogP contribution >= 0.6 is 11.6 Å². The monoisotopic (exact) mass is 312 g/mol. The van der Waals surface area contributed by atoms with Crippen LogP contribution in [0, 0.1) is 5.82 Å². The molecule has 0 aliphatic carbocycles. The Bertz CT molecular complexity index is 700. The number of benzene rings is 1. The van der Waals surface area contributed by atoms with Crippen molar-refractivity contribution in [1.29, 1.82) is 0 Å². The van der Waals surface area contributed by atoms with E-state index < -0.39 is 11.8 Å². The van der Waals surface area contributed by atoms with E-state index in [4.69, 9.17) is 22.1 Å². The number of rotatable bonds is 3. The van der Waals surface area contributed by atoms with Crippen molar-refractivity contribution in [3.63, 3.8) is 0 Å². The van der Waals surface area contributed by atoms with Gasteiger partial charge in [0.1, 0.15) is 17.2 Å². The van der Waals surface area contributed by atoms with Crippen LogP contribution in [0.25, 0.3) is 5.69 Å². The van der Waals surface area contributed by atoms with Gasteiger partial charge in [-0.1, -0.05) is 11.6 Å². The third-order valence-electron chi connectivity index (χ3n) is 2.86. The van der Waals surface area contributed by atoms with E-state index in [1.54, 1.807) is 25.1 Å². The van der Waals surface area contributed by atoms with Gasteiger partial charge in [-0.3, -0.25) is 0 Å². The quantitative estimate of drug-likeness (QED) is 0.879. The zero-order valence-electron chi connectivity index (χ0n) is 11.7. The van der Waals surface area contributed by atoms with Gasteiger partial charge in [0.2, 0.25) is 0 Å². The molecular weight excluding hydrogens is 299 g/mol. The summed E-state index contributed by atoms with van der Waals surface area (Å²) >= 11 is 5.65. The number of methoxy groups -OCH3 is 1. The van der Waals surface area contributed by atoms with E-state index in [0.717, 1.165) is 0 Å². The second kappa shape index (κ2) is 5.61. The van der Waals surface area contributed by atoms with Crippen LogP contribution in [0.2, 0.25) is 5.02 Å². The lowest BCUT2D eigenvalue weighted by Gasteiger charge is -2.09. The molecule has 0 aliphatic heterocycles. The van der Waals surface area contributed by atoms with E-state index in [1.165, 1.54) is 23.9 Å². The van der Waals surface area contributed by atoms with Crippen LogP contribution in [0.1, 0.15) is 10.4 Å². The highest BCUT2D eigenvalue weighted by molar-refractivity contribution is 6.30. The van der Waals surface area contributed by atoms with Gasteiger partial charge in [0.05, 0.1) is 17.8 Å². The number of aromatic nitrogens is 2. The van der Waals surface area contributed by atoms with E-state index in [0.29, 0.717) is 11.5 Å².